The Kier molecular flexibility index (Phi) is 9.07. The highest BCUT2D eigenvalue weighted by Crippen LogP contribution is 2.23. The van der Waals surface area contributed by atoms with Crippen LogP contribution in [0.1, 0.15) is 12.8 Å². The zero-order valence-electron chi connectivity index (χ0n) is 10.6. The van der Waals surface area contributed by atoms with Crippen LogP contribution >= 0.6 is 0 Å². The maximum absolute atomic E-state index is 13.2. The minimum absolute atomic E-state index is 0.346. The van der Waals surface area contributed by atoms with Crippen molar-refractivity contribution in [3.05, 3.63) is 12.7 Å². The van der Waals surface area contributed by atoms with Crippen LogP contribution in [0.3, 0.4) is 0 Å². The van der Waals surface area contributed by atoms with Gasteiger partial charge in [-0.15, -0.1) is 0 Å². The lowest BCUT2D eigenvalue weighted by Gasteiger charge is -2.22. The number of carbonyl (C=O) groups excluding carboxylic acids is 1. The van der Waals surface area contributed by atoms with Gasteiger partial charge in [0.05, 0.1) is 6.67 Å². The van der Waals surface area contributed by atoms with E-state index in [-0.39, 0.29) is 6.42 Å². The first kappa shape index (κ1) is 18.8. The van der Waals surface area contributed by atoms with Crippen LogP contribution < -0.4 is 0 Å². The van der Waals surface area contributed by atoms with E-state index in [1.165, 1.54) is 0 Å². The van der Waals surface area contributed by atoms with Gasteiger partial charge in [0.25, 0.3) is 0 Å². The Labute approximate surface area is 112 Å². The van der Waals surface area contributed by atoms with E-state index in [1.807, 2.05) is 0 Å². The summed E-state index contributed by atoms with van der Waals surface area (Å²) in [6, 6.07) is 0. The summed E-state index contributed by atoms with van der Waals surface area (Å²) in [4.78, 5) is 10.6. The molecule has 118 valence electrons. The number of rotatable bonds is 10. The number of ether oxygens (including phenoxy) is 1. The van der Waals surface area contributed by atoms with Crippen LogP contribution in [-0.2, 0) is 9.53 Å². The highest BCUT2D eigenvalue weighted by Gasteiger charge is 2.40. The van der Waals surface area contributed by atoms with Crippen molar-refractivity contribution in [2.75, 3.05) is 13.3 Å². The molecule has 0 aliphatic heterocycles. The molecular weight excluding hydrogens is 290 g/mol. The van der Waals surface area contributed by atoms with E-state index in [2.05, 4.69) is 11.3 Å². The SMILES string of the molecule is C=CC(=O)OCC(F)C(F)C(F)C(F)C(F)CCCF. The van der Waals surface area contributed by atoms with Gasteiger partial charge < -0.3 is 4.74 Å². The smallest absolute Gasteiger partial charge is 0.330 e. The lowest BCUT2D eigenvalue weighted by Crippen LogP contribution is -2.41. The molecule has 0 aromatic heterocycles. The fourth-order valence-corrected chi connectivity index (χ4v) is 1.32. The molecule has 0 bridgehead atoms. The maximum atomic E-state index is 13.2. The minimum Gasteiger partial charge on any atom is -0.459 e. The van der Waals surface area contributed by atoms with E-state index in [9.17, 15) is 31.1 Å². The van der Waals surface area contributed by atoms with Crippen LogP contribution in [0.15, 0.2) is 12.7 Å². The number of halogens is 6. The summed E-state index contributed by atoms with van der Waals surface area (Å²) in [6.07, 6.45) is -14.3. The molecule has 0 amide bonds. The van der Waals surface area contributed by atoms with Gasteiger partial charge in [0, 0.05) is 6.08 Å². The van der Waals surface area contributed by atoms with Crippen LogP contribution in [-0.4, -0.2) is 50.1 Å². The number of carbonyl (C=O) groups is 1. The summed E-state index contributed by atoms with van der Waals surface area (Å²) >= 11 is 0. The third-order valence-corrected chi connectivity index (χ3v) is 2.46. The molecule has 0 spiro atoms. The van der Waals surface area contributed by atoms with E-state index in [0.29, 0.717) is 6.08 Å². The molecule has 0 radical (unpaired) electrons. The summed E-state index contributed by atoms with van der Waals surface area (Å²) < 4.78 is 81.7. The van der Waals surface area contributed by atoms with Gasteiger partial charge in [-0.25, -0.2) is 26.7 Å². The average Bonchev–Trinajstić information content (AvgIpc) is 2.47. The van der Waals surface area contributed by atoms with Gasteiger partial charge in [0.15, 0.2) is 24.7 Å². The highest BCUT2D eigenvalue weighted by atomic mass is 19.2. The first-order chi connectivity index (χ1) is 9.34. The molecule has 0 aliphatic rings. The van der Waals surface area contributed by atoms with Gasteiger partial charge >= 0.3 is 5.97 Å². The second-order valence-electron chi connectivity index (χ2n) is 4.03. The monoisotopic (exact) mass is 306 g/mol. The lowest BCUT2D eigenvalue weighted by atomic mass is 10.0. The van der Waals surface area contributed by atoms with E-state index in [1.54, 1.807) is 0 Å². The molecule has 5 atom stereocenters. The summed E-state index contributed by atoms with van der Waals surface area (Å²) in [6.45, 7) is 0.931. The van der Waals surface area contributed by atoms with Gasteiger partial charge in [0.2, 0.25) is 0 Å². The second-order valence-corrected chi connectivity index (χ2v) is 4.03. The van der Waals surface area contributed by atoms with Gasteiger partial charge in [-0.2, -0.15) is 0 Å². The summed E-state index contributed by atoms with van der Waals surface area (Å²) in [5.41, 5.74) is 0. The topological polar surface area (TPSA) is 26.3 Å². The van der Waals surface area contributed by atoms with E-state index in [0.717, 1.165) is 0 Å². The number of alkyl halides is 6. The molecule has 0 aromatic carbocycles. The summed E-state index contributed by atoms with van der Waals surface area (Å²) in [5, 5.41) is 0. The largest absolute Gasteiger partial charge is 0.459 e. The van der Waals surface area contributed by atoms with Crippen molar-refractivity contribution in [2.24, 2.45) is 0 Å². The Morgan fingerprint density at radius 1 is 1.05 bits per heavy atom. The van der Waals surface area contributed by atoms with Gasteiger partial charge in [-0.3, -0.25) is 4.39 Å². The number of esters is 1. The van der Waals surface area contributed by atoms with Crippen LogP contribution in [0.5, 0.6) is 0 Å². The van der Waals surface area contributed by atoms with Gasteiger partial charge in [0.1, 0.15) is 12.8 Å². The first-order valence-corrected chi connectivity index (χ1v) is 5.90. The first-order valence-electron chi connectivity index (χ1n) is 5.90. The Balaban J connectivity index is 4.32. The van der Waals surface area contributed by atoms with Crippen molar-refractivity contribution in [3.8, 4) is 0 Å². The number of hydrogen-bond donors (Lipinski definition) is 0. The van der Waals surface area contributed by atoms with E-state index in [4.69, 9.17) is 0 Å². The molecule has 0 fully saturated rings. The van der Waals surface area contributed by atoms with Crippen molar-refractivity contribution in [1.82, 2.24) is 0 Å². The van der Waals surface area contributed by atoms with Crippen molar-refractivity contribution < 1.29 is 35.9 Å². The molecular formula is C12H16F6O2. The third-order valence-electron chi connectivity index (χ3n) is 2.46. The van der Waals surface area contributed by atoms with Crippen molar-refractivity contribution >= 4 is 5.97 Å². The van der Waals surface area contributed by atoms with Crippen LogP contribution in [0.2, 0.25) is 0 Å². The van der Waals surface area contributed by atoms with Crippen molar-refractivity contribution in [1.29, 1.82) is 0 Å². The van der Waals surface area contributed by atoms with Crippen molar-refractivity contribution in [3.63, 3.8) is 0 Å². The Hall–Kier alpha value is -1.21. The molecule has 2 nitrogen and oxygen atoms in total. The lowest BCUT2D eigenvalue weighted by molar-refractivity contribution is -0.141. The minimum atomic E-state index is -3.07. The van der Waals surface area contributed by atoms with E-state index >= 15 is 0 Å². The molecule has 0 rings (SSSR count). The Morgan fingerprint density at radius 2 is 1.60 bits per heavy atom. The van der Waals surface area contributed by atoms with Gasteiger partial charge in [-0.05, 0) is 12.8 Å². The molecule has 0 aliphatic carbocycles. The highest BCUT2D eigenvalue weighted by molar-refractivity contribution is 5.81. The molecule has 0 saturated heterocycles. The predicted molar refractivity (Wildman–Crippen MR) is 60.8 cm³/mol. The average molecular weight is 306 g/mol. The maximum Gasteiger partial charge on any atom is 0.330 e. The quantitative estimate of drug-likeness (QED) is 0.352. The fourth-order valence-electron chi connectivity index (χ4n) is 1.32. The molecule has 0 N–H and O–H groups in total. The van der Waals surface area contributed by atoms with Crippen molar-refractivity contribution in [2.45, 2.75) is 43.7 Å². The fraction of sp³-hybridized carbons (Fsp3) is 0.750. The molecule has 0 saturated carbocycles. The zero-order chi connectivity index (χ0) is 15.7. The molecule has 5 unspecified atom stereocenters. The molecule has 0 heterocycles. The Bertz CT molecular complexity index is 302. The second kappa shape index (κ2) is 9.66. The zero-order valence-corrected chi connectivity index (χ0v) is 10.6. The van der Waals surface area contributed by atoms with Gasteiger partial charge in [-0.1, -0.05) is 6.58 Å². The molecule has 8 heteroatoms. The predicted octanol–water partition coefficient (Wildman–Crippen LogP) is 3.16. The summed E-state index contributed by atoms with van der Waals surface area (Å²) in [5.74, 6) is -1.06. The normalized spacial score (nSPS) is 18.7. The molecule has 0 aromatic rings. The van der Waals surface area contributed by atoms with Crippen LogP contribution in [0.4, 0.5) is 26.3 Å². The third kappa shape index (κ3) is 6.29. The van der Waals surface area contributed by atoms with Crippen LogP contribution in [0.25, 0.3) is 0 Å². The Morgan fingerprint density at radius 3 is 2.10 bits per heavy atom. The van der Waals surface area contributed by atoms with Crippen LogP contribution in [0, 0.1) is 0 Å². The van der Waals surface area contributed by atoms with E-state index < -0.39 is 56.5 Å². The standard InChI is InChI=1S/C12H16F6O2/c1-2-9(19)20-6-8(15)11(17)12(18)10(16)7(14)4-3-5-13/h2,7-8,10-12H,1,3-6H2. The number of hydrogen-bond acceptors (Lipinski definition) is 2. The molecule has 20 heavy (non-hydrogen) atoms. The summed E-state index contributed by atoms with van der Waals surface area (Å²) in [7, 11) is 0.